The highest BCUT2D eigenvalue weighted by Crippen LogP contribution is 2.37. The van der Waals surface area contributed by atoms with Crippen molar-refractivity contribution in [1.29, 1.82) is 0 Å². The Kier molecular flexibility index (Phi) is 8.78. The molecule has 0 radical (unpaired) electrons. The molecule has 6 atom stereocenters. The maximum Gasteiger partial charge on any atom is 0.325 e. The summed E-state index contributed by atoms with van der Waals surface area (Å²) in [6.07, 6.45) is -3.79. The molecule has 0 amide bonds. The van der Waals surface area contributed by atoms with Crippen molar-refractivity contribution in [2.75, 3.05) is 26.8 Å². The Bertz CT molecular complexity index is 1080. The van der Waals surface area contributed by atoms with Crippen molar-refractivity contribution in [2.45, 2.75) is 69.2 Å². The van der Waals surface area contributed by atoms with E-state index in [1.807, 2.05) is 49.1 Å². The number of ether oxygens (including phenoxy) is 3. The normalized spacial score (nSPS) is 30.3. The lowest BCUT2D eigenvalue weighted by atomic mass is 9.89. The number of aliphatic hydroxyl groups is 3. The van der Waals surface area contributed by atoms with Crippen LogP contribution in [0.2, 0.25) is 5.02 Å². The zero-order valence-corrected chi connectivity index (χ0v) is 22.2. The van der Waals surface area contributed by atoms with Crippen LogP contribution in [0, 0.1) is 0 Å². The number of likely N-dealkylation sites (tertiary alicyclic amines) is 1. The number of esters is 1. The molecular weight excluding hydrogens is 498 g/mol. The molecule has 9 heteroatoms. The first-order chi connectivity index (χ1) is 17.7. The van der Waals surface area contributed by atoms with Gasteiger partial charge in [-0.25, -0.2) is 0 Å². The third-order valence-electron chi connectivity index (χ3n) is 7.55. The van der Waals surface area contributed by atoms with Crippen molar-refractivity contribution in [3.63, 3.8) is 0 Å². The lowest BCUT2D eigenvalue weighted by Gasteiger charge is -2.44. The molecule has 8 nitrogen and oxygen atoms in total. The Balaban J connectivity index is 1.54. The Morgan fingerprint density at radius 2 is 1.86 bits per heavy atom. The molecule has 202 valence electrons. The molecule has 3 N–H and O–H groups in total. The first-order valence-electron chi connectivity index (χ1n) is 12.7. The van der Waals surface area contributed by atoms with Crippen molar-refractivity contribution >= 4 is 17.6 Å². The van der Waals surface area contributed by atoms with E-state index in [1.165, 1.54) is 7.11 Å². The lowest BCUT2D eigenvalue weighted by molar-refractivity contribution is -0.229. The molecule has 2 fully saturated rings. The van der Waals surface area contributed by atoms with Crippen LogP contribution in [0.4, 0.5) is 0 Å². The first-order valence-corrected chi connectivity index (χ1v) is 13.1. The van der Waals surface area contributed by atoms with Crippen LogP contribution in [0.25, 0.3) is 0 Å². The molecule has 2 aromatic carbocycles. The van der Waals surface area contributed by atoms with Gasteiger partial charge in [0.15, 0.2) is 0 Å². The monoisotopic (exact) mass is 533 g/mol. The number of nitrogens with zero attached hydrogens (tertiary/aromatic N) is 1. The lowest BCUT2D eigenvalue weighted by Crippen LogP contribution is -2.59. The van der Waals surface area contributed by atoms with Crippen molar-refractivity contribution in [3.8, 4) is 5.75 Å². The van der Waals surface area contributed by atoms with Crippen LogP contribution in [0.3, 0.4) is 0 Å². The molecule has 0 aromatic heterocycles. The summed E-state index contributed by atoms with van der Waals surface area (Å²) in [6, 6.07) is 13.1. The smallest absolute Gasteiger partial charge is 0.325 e. The topological polar surface area (TPSA) is 109 Å². The number of hydrogen-bond acceptors (Lipinski definition) is 8. The van der Waals surface area contributed by atoms with E-state index in [9.17, 15) is 20.1 Å². The molecule has 2 saturated heterocycles. The van der Waals surface area contributed by atoms with Crippen LogP contribution >= 0.6 is 11.6 Å². The Morgan fingerprint density at radius 3 is 2.54 bits per heavy atom. The maximum atomic E-state index is 12.5. The quantitative estimate of drug-likeness (QED) is 0.445. The highest BCUT2D eigenvalue weighted by molar-refractivity contribution is 6.31. The van der Waals surface area contributed by atoms with Gasteiger partial charge in [0.25, 0.3) is 0 Å². The standard InChI is InChI=1S/C28H36ClNO7/c1-4-36-20-9-6-17(7-10-20)14-19-15-18(8-11-21(19)29)26-25(33)24(32)23(31)22(37-26)16-30-13-5-12-28(30,2)27(34)35-3/h6-11,15,22-26,31-33H,4-5,12-14,16H2,1-3H3/t22-,23-,24+,25-,26+,28?/m1/s1. The van der Waals surface area contributed by atoms with Crippen LogP contribution in [-0.4, -0.2) is 82.9 Å². The number of carbonyl (C=O) groups is 1. The summed E-state index contributed by atoms with van der Waals surface area (Å²) in [6.45, 7) is 5.19. The minimum Gasteiger partial charge on any atom is -0.494 e. The average Bonchev–Trinajstić information content (AvgIpc) is 3.27. The molecule has 2 aliphatic rings. The van der Waals surface area contributed by atoms with Gasteiger partial charge < -0.3 is 29.5 Å². The highest BCUT2D eigenvalue weighted by atomic mass is 35.5. The van der Waals surface area contributed by atoms with Crippen molar-refractivity contribution in [2.24, 2.45) is 0 Å². The summed E-state index contributed by atoms with van der Waals surface area (Å²) in [5.41, 5.74) is 1.69. The second-order valence-corrected chi connectivity index (χ2v) is 10.4. The van der Waals surface area contributed by atoms with Gasteiger partial charge >= 0.3 is 5.97 Å². The second-order valence-electron chi connectivity index (χ2n) is 9.99. The zero-order valence-electron chi connectivity index (χ0n) is 21.5. The summed E-state index contributed by atoms with van der Waals surface area (Å²) >= 11 is 6.50. The van der Waals surface area contributed by atoms with Crippen molar-refractivity contribution in [1.82, 2.24) is 4.90 Å². The van der Waals surface area contributed by atoms with E-state index in [1.54, 1.807) is 12.1 Å². The number of hydrogen-bond donors (Lipinski definition) is 3. The molecule has 0 spiro atoms. The number of aliphatic hydroxyl groups excluding tert-OH is 3. The minimum absolute atomic E-state index is 0.208. The molecule has 4 rings (SSSR count). The fraction of sp³-hybridized carbons (Fsp3) is 0.536. The molecule has 0 aliphatic carbocycles. The summed E-state index contributed by atoms with van der Waals surface area (Å²) in [4.78, 5) is 14.4. The Labute approximate surface area is 222 Å². The van der Waals surface area contributed by atoms with Crippen molar-refractivity contribution in [3.05, 3.63) is 64.2 Å². The molecule has 0 saturated carbocycles. The summed E-state index contributed by atoms with van der Waals surface area (Å²) in [5, 5.41) is 32.9. The number of halogens is 1. The Hall–Kier alpha value is -2.20. The van der Waals surface area contributed by atoms with Crippen LogP contribution in [-0.2, 0) is 20.7 Å². The van der Waals surface area contributed by atoms with E-state index in [0.29, 0.717) is 36.6 Å². The molecule has 37 heavy (non-hydrogen) atoms. The highest BCUT2D eigenvalue weighted by Gasteiger charge is 2.49. The van der Waals surface area contributed by atoms with Gasteiger partial charge in [0, 0.05) is 11.6 Å². The van der Waals surface area contributed by atoms with Gasteiger partial charge in [0.05, 0.1) is 19.8 Å². The van der Waals surface area contributed by atoms with Gasteiger partial charge in [-0.05, 0) is 74.5 Å². The maximum absolute atomic E-state index is 12.5. The number of methoxy groups -OCH3 is 1. The van der Waals surface area contributed by atoms with E-state index in [0.717, 1.165) is 23.3 Å². The third kappa shape index (κ3) is 5.79. The molecular formula is C28H36ClNO7. The fourth-order valence-electron chi connectivity index (χ4n) is 5.35. The van der Waals surface area contributed by atoms with E-state index in [4.69, 9.17) is 25.8 Å². The summed E-state index contributed by atoms with van der Waals surface area (Å²) in [5.74, 6) is 0.453. The summed E-state index contributed by atoms with van der Waals surface area (Å²) < 4.78 is 16.7. The van der Waals surface area contributed by atoms with Gasteiger partial charge in [-0.15, -0.1) is 0 Å². The van der Waals surface area contributed by atoms with Gasteiger partial charge in [-0.3, -0.25) is 9.69 Å². The van der Waals surface area contributed by atoms with Crippen LogP contribution < -0.4 is 4.74 Å². The third-order valence-corrected chi connectivity index (χ3v) is 7.92. The van der Waals surface area contributed by atoms with Gasteiger partial charge in [-0.2, -0.15) is 0 Å². The second kappa shape index (κ2) is 11.7. The SMILES string of the molecule is CCOc1ccc(Cc2cc([C@@H]3O[C@H](CN4CCCC4(C)C(=O)OC)[C@@H](O)[C@H](O)[C@H]3O)ccc2Cl)cc1. The van der Waals surface area contributed by atoms with E-state index in [-0.39, 0.29) is 12.5 Å². The Morgan fingerprint density at radius 1 is 1.14 bits per heavy atom. The summed E-state index contributed by atoms with van der Waals surface area (Å²) in [7, 11) is 1.36. The molecule has 2 aromatic rings. The molecule has 0 bridgehead atoms. The fourth-order valence-corrected chi connectivity index (χ4v) is 5.54. The number of benzene rings is 2. The largest absolute Gasteiger partial charge is 0.494 e. The number of rotatable bonds is 8. The van der Waals surface area contributed by atoms with Crippen LogP contribution in [0.5, 0.6) is 5.75 Å². The van der Waals surface area contributed by atoms with Crippen LogP contribution in [0.1, 0.15) is 49.5 Å². The molecule has 1 unspecified atom stereocenters. The number of carbonyl (C=O) groups excluding carboxylic acids is 1. The average molecular weight is 534 g/mol. The van der Waals surface area contributed by atoms with E-state index < -0.39 is 36.1 Å². The molecule has 2 aliphatic heterocycles. The van der Waals surface area contributed by atoms with Gasteiger partial charge in [-0.1, -0.05) is 35.9 Å². The van der Waals surface area contributed by atoms with E-state index in [2.05, 4.69) is 0 Å². The van der Waals surface area contributed by atoms with Crippen molar-refractivity contribution < 1.29 is 34.3 Å². The first kappa shape index (κ1) is 27.8. The van der Waals surface area contributed by atoms with E-state index >= 15 is 0 Å². The predicted octanol–water partition coefficient (Wildman–Crippen LogP) is 2.88. The predicted molar refractivity (Wildman–Crippen MR) is 139 cm³/mol. The van der Waals surface area contributed by atoms with Crippen LogP contribution in [0.15, 0.2) is 42.5 Å². The van der Waals surface area contributed by atoms with Gasteiger partial charge in [0.1, 0.15) is 35.7 Å². The minimum atomic E-state index is -1.42. The molecule has 2 heterocycles. The zero-order chi connectivity index (χ0) is 26.7. The van der Waals surface area contributed by atoms with Gasteiger partial charge in [0.2, 0.25) is 0 Å².